The van der Waals surface area contributed by atoms with Crippen LogP contribution in [0.1, 0.15) is 18.3 Å². The number of aromatic nitrogens is 2. The van der Waals surface area contributed by atoms with Crippen LogP contribution in [0.15, 0.2) is 29.4 Å². The van der Waals surface area contributed by atoms with Crippen LogP contribution < -0.4 is 0 Å². The van der Waals surface area contributed by atoms with Gasteiger partial charge in [-0.2, -0.15) is 0 Å². The third-order valence-electron chi connectivity index (χ3n) is 2.78. The zero-order valence-corrected chi connectivity index (χ0v) is 13.6. The maximum Gasteiger partial charge on any atom is 0.280 e. The number of halogens is 3. The van der Waals surface area contributed by atoms with Crippen LogP contribution in [0.5, 0.6) is 0 Å². The predicted molar refractivity (Wildman–Crippen MR) is 80.2 cm³/mol. The molecule has 2 rings (SSSR count). The van der Waals surface area contributed by atoms with Gasteiger partial charge in [0.25, 0.3) is 9.05 Å². The molecule has 0 fully saturated rings. The number of aryl methyl sites for hydroxylation is 1. The summed E-state index contributed by atoms with van der Waals surface area (Å²) in [6.45, 7) is 2.25. The summed E-state index contributed by atoms with van der Waals surface area (Å²) in [5.74, 6) is 0.611. The first-order valence-electron chi connectivity index (χ1n) is 5.76. The van der Waals surface area contributed by atoms with Gasteiger partial charge in [-0.1, -0.05) is 42.3 Å². The monoisotopic (exact) mass is 352 g/mol. The molecule has 0 aliphatic heterocycles. The van der Waals surface area contributed by atoms with Crippen molar-refractivity contribution in [2.24, 2.45) is 0 Å². The predicted octanol–water partition coefficient (Wildman–Crippen LogP) is 3.73. The molecule has 1 aromatic carbocycles. The van der Waals surface area contributed by atoms with E-state index in [4.69, 9.17) is 33.9 Å². The Morgan fingerprint density at radius 2 is 2.00 bits per heavy atom. The zero-order valence-electron chi connectivity index (χ0n) is 10.5. The van der Waals surface area contributed by atoms with E-state index in [-0.39, 0.29) is 5.03 Å². The van der Waals surface area contributed by atoms with Crippen molar-refractivity contribution in [3.63, 3.8) is 0 Å². The highest BCUT2D eigenvalue weighted by molar-refractivity contribution is 8.13. The van der Waals surface area contributed by atoms with Gasteiger partial charge >= 0.3 is 0 Å². The minimum absolute atomic E-state index is 0.158. The molecule has 0 bridgehead atoms. The van der Waals surface area contributed by atoms with E-state index in [2.05, 4.69) is 4.98 Å². The quantitative estimate of drug-likeness (QED) is 0.787. The van der Waals surface area contributed by atoms with E-state index in [1.165, 1.54) is 6.20 Å². The van der Waals surface area contributed by atoms with E-state index in [9.17, 15) is 8.42 Å². The van der Waals surface area contributed by atoms with E-state index >= 15 is 0 Å². The molecule has 0 spiro atoms. The molecule has 0 atom stereocenters. The summed E-state index contributed by atoms with van der Waals surface area (Å²) in [5.41, 5.74) is 0.782. The van der Waals surface area contributed by atoms with E-state index in [1.807, 2.05) is 13.0 Å². The molecule has 0 aliphatic carbocycles. The molecule has 0 saturated heterocycles. The number of hydrogen-bond donors (Lipinski definition) is 0. The molecule has 0 N–H and O–H groups in total. The second kappa shape index (κ2) is 5.93. The standard InChI is InChI=1S/C12H11Cl3N2O2S/c1-2-10-16-11(20(15,18)19)7-17(10)6-8-4-3-5-9(13)12(8)14/h3-5,7H,2,6H2,1H3. The summed E-state index contributed by atoms with van der Waals surface area (Å²) in [4.78, 5) is 4.02. The first-order chi connectivity index (χ1) is 9.32. The van der Waals surface area contributed by atoms with Gasteiger partial charge < -0.3 is 4.57 Å². The highest BCUT2D eigenvalue weighted by atomic mass is 35.7. The Kier molecular flexibility index (Phi) is 4.64. The molecule has 0 saturated carbocycles. The molecule has 1 aromatic heterocycles. The molecule has 108 valence electrons. The van der Waals surface area contributed by atoms with Crippen molar-refractivity contribution in [3.05, 3.63) is 45.8 Å². The number of nitrogens with zero attached hydrogens (tertiary/aromatic N) is 2. The number of rotatable bonds is 4. The van der Waals surface area contributed by atoms with Crippen LogP contribution in [0.25, 0.3) is 0 Å². The summed E-state index contributed by atoms with van der Waals surface area (Å²) >= 11 is 12.1. The first kappa shape index (κ1) is 15.6. The summed E-state index contributed by atoms with van der Waals surface area (Å²) in [6, 6.07) is 5.30. The summed E-state index contributed by atoms with van der Waals surface area (Å²) < 4.78 is 24.4. The second-order valence-corrected chi connectivity index (χ2v) is 7.43. The topological polar surface area (TPSA) is 52.0 Å². The van der Waals surface area contributed by atoms with Crippen molar-refractivity contribution in [1.82, 2.24) is 9.55 Å². The third kappa shape index (κ3) is 3.28. The first-order valence-corrected chi connectivity index (χ1v) is 8.83. The van der Waals surface area contributed by atoms with Crippen molar-refractivity contribution < 1.29 is 8.42 Å². The maximum absolute atomic E-state index is 11.3. The van der Waals surface area contributed by atoms with Gasteiger partial charge in [0.05, 0.1) is 16.6 Å². The Morgan fingerprint density at radius 1 is 1.30 bits per heavy atom. The number of imidazole rings is 1. The van der Waals surface area contributed by atoms with Gasteiger partial charge in [-0.3, -0.25) is 0 Å². The van der Waals surface area contributed by atoms with Gasteiger partial charge in [-0.15, -0.1) is 0 Å². The number of hydrogen-bond acceptors (Lipinski definition) is 3. The lowest BCUT2D eigenvalue weighted by molar-refractivity contribution is 0.606. The molecule has 1 heterocycles. The molecule has 0 unspecified atom stereocenters. The second-order valence-electron chi connectivity index (χ2n) is 4.13. The van der Waals surface area contributed by atoms with E-state index in [1.54, 1.807) is 16.7 Å². The van der Waals surface area contributed by atoms with Gasteiger partial charge in [-0.05, 0) is 11.6 Å². The lowest BCUT2D eigenvalue weighted by atomic mass is 10.2. The minimum atomic E-state index is -3.84. The lowest BCUT2D eigenvalue weighted by Gasteiger charge is -2.08. The van der Waals surface area contributed by atoms with Gasteiger partial charge in [0.2, 0.25) is 0 Å². The average Bonchev–Trinajstić information content (AvgIpc) is 2.78. The molecule has 4 nitrogen and oxygen atoms in total. The van der Waals surface area contributed by atoms with Crippen LogP contribution in [0.3, 0.4) is 0 Å². The van der Waals surface area contributed by atoms with Gasteiger partial charge in [0.15, 0.2) is 5.03 Å². The van der Waals surface area contributed by atoms with Gasteiger partial charge in [0.1, 0.15) is 5.82 Å². The Bertz CT molecular complexity index is 741. The smallest absolute Gasteiger partial charge is 0.280 e. The fourth-order valence-corrected chi connectivity index (χ4v) is 2.89. The van der Waals surface area contributed by atoms with E-state index in [0.29, 0.717) is 28.8 Å². The molecule has 0 aliphatic rings. The molecule has 0 amide bonds. The van der Waals surface area contributed by atoms with Crippen molar-refractivity contribution in [3.8, 4) is 0 Å². The Balaban J connectivity index is 2.43. The molecular weight excluding hydrogens is 343 g/mol. The van der Waals surface area contributed by atoms with E-state index < -0.39 is 9.05 Å². The van der Waals surface area contributed by atoms with Crippen LogP contribution in [-0.2, 0) is 22.0 Å². The van der Waals surface area contributed by atoms with Crippen molar-refractivity contribution >= 4 is 42.9 Å². The minimum Gasteiger partial charge on any atom is -0.329 e. The molecule has 20 heavy (non-hydrogen) atoms. The largest absolute Gasteiger partial charge is 0.329 e. The molecular formula is C12H11Cl3N2O2S. The van der Waals surface area contributed by atoms with Crippen LogP contribution in [0.2, 0.25) is 10.0 Å². The van der Waals surface area contributed by atoms with Gasteiger partial charge in [0, 0.05) is 23.3 Å². The SMILES string of the molecule is CCc1nc(S(=O)(=O)Cl)cn1Cc1cccc(Cl)c1Cl. The van der Waals surface area contributed by atoms with Crippen LogP contribution >= 0.6 is 33.9 Å². The van der Waals surface area contributed by atoms with Gasteiger partial charge in [-0.25, -0.2) is 13.4 Å². The maximum atomic E-state index is 11.3. The van der Waals surface area contributed by atoms with Crippen molar-refractivity contribution in [2.45, 2.75) is 24.9 Å². The summed E-state index contributed by atoms with van der Waals surface area (Å²) in [6.07, 6.45) is 1.98. The highest BCUT2D eigenvalue weighted by Crippen LogP contribution is 2.27. The number of benzene rings is 1. The third-order valence-corrected chi connectivity index (χ3v) is 4.80. The lowest BCUT2D eigenvalue weighted by Crippen LogP contribution is -2.03. The average molecular weight is 354 g/mol. The van der Waals surface area contributed by atoms with Crippen LogP contribution in [-0.4, -0.2) is 18.0 Å². The Hall–Kier alpha value is -0.750. The highest BCUT2D eigenvalue weighted by Gasteiger charge is 2.17. The van der Waals surface area contributed by atoms with Crippen molar-refractivity contribution in [2.75, 3.05) is 0 Å². The van der Waals surface area contributed by atoms with E-state index in [0.717, 1.165) is 5.56 Å². The van der Waals surface area contributed by atoms with Crippen LogP contribution in [0.4, 0.5) is 0 Å². The fraction of sp³-hybridized carbons (Fsp3) is 0.250. The Morgan fingerprint density at radius 3 is 2.60 bits per heavy atom. The van der Waals surface area contributed by atoms with Crippen molar-refractivity contribution in [1.29, 1.82) is 0 Å². The summed E-state index contributed by atoms with van der Waals surface area (Å²) in [5, 5.41) is 0.738. The molecule has 2 aromatic rings. The van der Waals surface area contributed by atoms with Crippen LogP contribution in [0, 0.1) is 0 Å². The molecule has 8 heteroatoms. The zero-order chi connectivity index (χ0) is 14.9. The Labute approximate surface area is 131 Å². The molecule has 0 radical (unpaired) electrons. The normalized spacial score (nSPS) is 11.8. The summed E-state index contributed by atoms with van der Waals surface area (Å²) in [7, 11) is 1.47. The fourth-order valence-electron chi connectivity index (χ4n) is 1.82.